The number of nitrogens with one attached hydrogen (secondary N) is 1. The van der Waals surface area contributed by atoms with E-state index in [9.17, 15) is 19.2 Å². The maximum atomic E-state index is 14.5. The van der Waals surface area contributed by atoms with Gasteiger partial charge in [-0.1, -0.05) is 63.2 Å². The summed E-state index contributed by atoms with van der Waals surface area (Å²) in [7, 11) is 0. The Morgan fingerprint density at radius 1 is 0.881 bits per heavy atom. The van der Waals surface area contributed by atoms with Gasteiger partial charge in [-0.2, -0.15) is 0 Å². The SMILES string of the molecule is CCc1ccc(N2C(=O)NC(=O)[C@](Cc3ccc(C(C)C)cc3)(CN3C[C@H]4C[C@H](C3)c3cccc(=O)n3C4)C2=O)cc1. The van der Waals surface area contributed by atoms with E-state index >= 15 is 0 Å². The third-order valence-corrected chi connectivity index (χ3v) is 9.27. The fraction of sp³-hybridized carbons (Fsp3) is 0.412. The summed E-state index contributed by atoms with van der Waals surface area (Å²) < 4.78 is 1.88. The fourth-order valence-corrected chi connectivity index (χ4v) is 7.02. The Kier molecular flexibility index (Phi) is 7.35. The largest absolute Gasteiger partial charge is 0.335 e. The fourth-order valence-electron chi connectivity index (χ4n) is 7.02. The van der Waals surface area contributed by atoms with E-state index in [2.05, 4.69) is 24.1 Å². The number of benzene rings is 2. The zero-order valence-corrected chi connectivity index (χ0v) is 24.5. The Labute approximate surface area is 246 Å². The van der Waals surface area contributed by atoms with E-state index in [0.29, 0.717) is 31.2 Å². The molecule has 218 valence electrons. The van der Waals surface area contributed by atoms with Gasteiger partial charge in [0, 0.05) is 43.9 Å². The minimum atomic E-state index is -1.50. The smallest absolute Gasteiger partial charge is 0.312 e. The number of urea groups is 1. The highest BCUT2D eigenvalue weighted by Crippen LogP contribution is 2.39. The van der Waals surface area contributed by atoms with Gasteiger partial charge < -0.3 is 9.47 Å². The second-order valence-electron chi connectivity index (χ2n) is 12.5. The molecule has 0 saturated carbocycles. The third kappa shape index (κ3) is 4.98. The summed E-state index contributed by atoms with van der Waals surface area (Å²) in [6.07, 6.45) is 1.98. The maximum absolute atomic E-state index is 14.5. The monoisotopic (exact) mass is 566 g/mol. The van der Waals surface area contributed by atoms with Gasteiger partial charge in [0.05, 0.1) is 5.69 Å². The minimum absolute atomic E-state index is 0.0158. The van der Waals surface area contributed by atoms with Gasteiger partial charge in [0.25, 0.3) is 11.5 Å². The van der Waals surface area contributed by atoms with Crippen LogP contribution in [-0.4, -0.2) is 46.9 Å². The van der Waals surface area contributed by atoms with Gasteiger partial charge in [-0.25, -0.2) is 9.69 Å². The molecule has 6 rings (SSSR count). The molecule has 2 bridgehead atoms. The first-order chi connectivity index (χ1) is 20.2. The van der Waals surface area contributed by atoms with Crippen molar-refractivity contribution in [3.05, 3.63) is 99.5 Å². The molecule has 1 aromatic heterocycles. The van der Waals surface area contributed by atoms with Gasteiger partial charge in [0.15, 0.2) is 0 Å². The zero-order chi connectivity index (χ0) is 29.6. The molecule has 3 atom stereocenters. The van der Waals surface area contributed by atoms with Crippen LogP contribution < -0.4 is 15.8 Å². The molecular formula is C34H38N4O4. The van der Waals surface area contributed by atoms with Gasteiger partial charge in [-0.3, -0.25) is 19.7 Å². The molecule has 3 aliphatic heterocycles. The number of rotatable bonds is 7. The molecule has 8 nitrogen and oxygen atoms in total. The Morgan fingerprint density at radius 3 is 2.29 bits per heavy atom. The van der Waals surface area contributed by atoms with Gasteiger partial charge in [0.1, 0.15) is 5.41 Å². The molecule has 3 aliphatic rings. The molecule has 3 aromatic rings. The van der Waals surface area contributed by atoms with Crippen LogP contribution in [0.4, 0.5) is 10.5 Å². The first-order valence-electron chi connectivity index (χ1n) is 15.0. The molecule has 0 unspecified atom stereocenters. The highest BCUT2D eigenvalue weighted by molar-refractivity contribution is 6.30. The molecular weight excluding hydrogens is 528 g/mol. The quantitative estimate of drug-likeness (QED) is 0.427. The average Bonchev–Trinajstić information content (AvgIpc) is 2.97. The molecule has 0 aliphatic carbocycles. The van der Waals surface area contributed by atoms with Gasteiger partial charge in [-0.15, -0.1) is 0 Å². The second-order valence-corrected chi connectivity index (χ2v) is 12.5. The number of nitrogens with zero attached hydrogens (tertiary/aromatic N) is 3. The van der Waals surface area contributed by atoms with Crippen LogP contribution in [-0.2, 0) is 29.0 Å². The van der Waals surface area contributed by atoms with Gasteiger partial charge in [0.2, 0.25) is 5.91 Å². The highest BCUT2D eigenvalue weighted by atomic mass is 16.2. The van der Waals surface area contributed by atoms with Crippen LogP contribution in [0.2, 0.25) is 0 Å². The topological polar surface area (TPSA) is 91.7 Å². The maximum Gasteiger partial charge on any atom is 0.335 e. The van der Waals surface area contributed by atoms with Crippen LogP contribution in [0.3, 0.4) is 0 Å². The Bertz CT molecular complexity index is 1580. The lowest BCUT2D eigenvalue weighted by Gasteiger charge is -2.47. The number of piperidine rings is 1. The summed E-state index contributed by atoms with van der Waals surface area (Å²) in [5.74, 6) is -0.329. The average molecular weight is 567 g/mol. The zero-order valence-electron chi connectivity index (χ0n) is 24.5. The van der Waals surface area contributed by atoms with E-state index in [1.54, 1.807) is 24.3 Å². The van der Waals surface area contributed by atoms with Crippen molar-refractivity contribution in [3.8, 4) is 0 Å². The van der Waals surface area contributed by atoms with Crippen molar-refractivity contribution in [2.24, 2.45) is 11.3 Å². The van der Waals surface area contributed by atoms with Gasteiger partial charge >= 0.3 is 6.03 Å². The van der Waals surface area contributed by atoms with E-state index in [1.165, 1.54) is 5.56 Å². The number of likely N-dealkylation sites (tertiary alicyclic amines) is 1. The van der Waals surface area contributed by atoms with Crippen molar-refractivity contribution >= 4 is 23.5 Å². The van der Waals surface area contributed by atoms with Crippen molar-refractivity contribution in [2.45, 2.75) is 58.4 Å². The molecule has 8 heteroatoms. The predicted molar refractivity (Wildman–Crippen MR) is 162 cm³/mol. The number of hydrogen-bond donors (Lipinski definition) is 1. The Morgan fingerprint density at radius 2 is 1.60 bits per heavy atom. The third-order valence-electron chi connectivity index (χ3n) is 9.27. The van der Waals surface area contributed by atoms with Crippen LogP contribution in [0.25, 0.3) is 0 Å². The summed E-state index contributed by atoms with van der Waals surface area (Å²) in [5.41, 5.74) is 3.11. The van der Waals surface area contributed by atoms with Crippen LogP contribution in [0.1, 0.15) is 61.4 Å². The molecule has 0 radical (unpaired) electrons. The van der Waals surface area contributed by atoms with Crippen LogP contribution in [0.15, 0.2) is 71.5 Å². The summed E-state index contributed by atoms with van der Waals surface area (Å²) in [6, 6.07) is 20.1. The van der Waals surface area contributed by atoms with Crippen LogP contribution in [0.5, 0.6) is 0 Å². The van der Waals surface area contributed by atoms with E-state index in [0.717, 1.165) is 34.6 Å². The van der Waals surface area contributed by atoms with Gasteiger partial charge in [-0.05, 0) is 66.0 Å². The number of fused-ring (bicyclic) bond motifs is 4. The van der Waals surface area contributed by atoms with Crippen molar-refractivity contribution in [1.82, 2.24) is 14.8 Å². The van der Waals surface area contributed by atoms with E-state index < -0.39 is 23.3 Å². The second kappa shape index (κ2) is 11.0. The summed E-state index contributed by atoms with van der Waals surface area (Å²) in [4.78, 5) is 57.5. The number of carbonyl (C=O) groups excluding carboxylic acids is 3. The molecule has 2 aromatic carbocycles. The normalized spacial score (nSPS) is 24.1. The number of amides is 4. The molecule has 4 amide bonds. The number of aryl methyl sites for hydroxylation is 1. The lowest BCUT2D eigenvalue weighted by atomic mass is 9.75. The van der Waals surface area contributed by atoms with Crippen molar-refractivity contribution < 1.29 is 14.4 Å². The standard InChI is InChI=1S/C34H38N4O4/c1-4-23-10-14-28(15-11-23)38-32(41)34(31(40)35-33(38)42,17-24-8-12-26(13-9-24)22(2)3)21-36-18-25-16-27(20-36)29-6-5-7-30(39)37(29)19-25/h5-15,22,25,27H,4,16-21H2,1-3H3,(H,35,40,42)/t25-,27-,34+/m1/s1. The number of aromatic nitrogens is 1. The van der Waals surface area contributed by atoms with Crippen molar-refractivity contribution in [2.75, 3.05) is 24.5 Å². The molecule has 0 spiro atoms. The lowest BCUT2D eigenvalue weighted by molar-refractivity contribution is -0.144. The number of anilines is 1. The van der Waals surface area contributed by atoms with Crippen molar-refractivity contribution in [3.63, 3.8) is 0 Å². The molecule has 2 saturated heterocycles. The highest BCUT2D eigenvalue weighted by Gasteiger charge is 2.55. The molecule has 42 heavy (non-hydrogen) atoms. The number of barbiturate groups is 1. The lowest BCUT2D eigenvalue weighted by Crippen LogP contribution is -2.68. The summed E-state index contributed by atoms with van der Waals surface area (Å²) in [5, 5.41) is 2.55. The molecule has 2 fully saturated rings. The van der Waals surface area contributed by atoms with Crippen LogP contribution in [0, 0.1) is 11.3 Å². The van der Waals surface area contributed by atoms with E-state index in [4.69, 9.17) is 0 Å². The van der Waals surface area contributed by atoms with E-state index in [-0.39, 0.29) is 30.4 Å². The number of carbonyl (C=O) groups is 3. The summed E-state index contributed by atoms with van der Waals surface area (Å²) >= 11 is 0. The number of imide groups is 2. The first kappa shape index (κ1) is 28.1. The summed E-state index contributed by atoms with van der Waals surface area (Å²) in [6.45, 7) is 8.41. The Hall–Kier alpha value is -4.04. The Balaban J connectivity index is 1.37. The van der Waals surface area contributed by atoms with Crippen molar-refractivity contribution in [1.29, 1.82) is 0 Å². The predicted octanol–water partition coefficient (Wildman–Crippen LogP) is 4.47. The van der Waals surface area contributed by atoms with Crippen LogP contribution >= 0.6 is 0 Å². The minimum Gasteiger partial charge on any atom is -0.312 e. The van der Waals surface area contributed by atoms with E-state index in [1.807, 2.05) is 54.0 Å². The number of pyridine rings is 1. The number of hydrogen-bond acceptors (Lipinski definition) is 5. The first-order valence-corrected chi connectivity index (χ1v) is 15.0. The molecule has 4 heterocycles. The molecule has 1 N–H and O–H groups in total.